The van der Waals surface area contributed by atoms with Gasteiger partial charge in [0.1, 0.15) is 17.3 Å². The fourth-order valence-electron chi connectivity index (χ4n) is 4.57. The third kappa shape index (κ3) is 3.64. The molecule has 11 heteroatoms. The van der Waals surface area contributed by atoms with Gasteiger partial charge in [-0.05, 0) is 30.9 Å². The number of rotatable bonds is 9. The van der Waals surface area contributed by atoms with Gasteiger partial charge in [-0.2, -0.15) is 0 Å². The summed E-state index contributed by atoms with van der Waals surface area (Å²) in [5.41, 5.74) is 6.45. The maximum Gasteiger partial charge on any atom is 0.330 e. The van der Waals surface area contributed by atoms with E-state index in [2.05, 4.69) is 15.0 Å². The molecule has 4 rings (SSSR count). The van der Waals surface area contributed by atoms with Crippen LogP contribution in [0.25, 0.3) is 10.4 Å². The smallest absolute Gasteiger partial charge is 0.330 e. The Hall–Kier alpha value is -2.95. The molecular weight excluding hydrogens is 418 g/mol. The number of aryl methyl sites for hydroxylation is 1. The number of aliphatic hydroxyl groups is 1. The van der Waals surface area contributed by atoms with Crippen LogP contribution in [0.15, 0.2) is 51.2 Å². The lowest BCUT2D eigenvalue weighted by molar-refractivity contribution is -0.200. The van der Waals surface area contributed by atoms with Crippen LogP contribution in [0.3, 0.4) is 0 Å². The van der Waals surface area contributed by atoms with Crippen LogP contribution in [0.4, 0.5) is 0 Å². The molecule has 0 amide bonds. The molecule has 0 saturated carbocycles. The zero-order chi connectivity index (χ0) is 22.8. The molecule has 2 saturated heterocycles. The topological polar surface area (TPSA) is 152 Å². The zero-order valence-corrected chi connectivity index (χ0v) is 17.6. The van der Waals surface area contributed by atoms with E-state index in [1.807, 2.05) is 30.3 Å². The number of aliphatic hydroxyl groups excluding tert-OH is 1. The predicted molar refractivity (Wildman–Crippen MR) is 113 cm³/mol. The first-order valence-electron chi connectivity index (χ1n) is 10.4. The molecule has 2 fully saturated rings. The Morgan fingerprint density at radius 1 is 1.38 bits per heavy atom. The van der Waals surface area contributed by atoms with Crippen molar-refractivity contribution in [3.63, 3.8) is 0 Å². The monoisotopic (exact) mass is 443 g/mol. The van der Waals surface area contributed by atoms with Crippen molar-refractivity contribution in [2.45, 2.75) is 49.9 Å². The SMILES string of the molecule is Cc1cn([C@@H]2O[C@@]3(CO)CO[C@@H]2[C@]3(CCCN=[N+]=[N-])OCc2ccccc2)c(=O)[nH]c1=O. The van der Waals surface area contributed by atoms with Crippen molar-refractivity contribution >= 4 is 0 Å². The van der Waals surface area contributed by atoms with Gasteiger partial charge < -0.3 is 19.3 Å². The predicted octanol–water partition coefficient (Wildman–Crippen LogP) is 1.55. The Morgan fingerprint density at radius 2 is 2.16 bits per heavy atom. The molecule has 2 aliphatic heterocycles. The summed E-state index contributed by atoms with van der Waals surface area (Å²) < 4.78 is 20.0. The number of H-pyrrole nitrogens is 1. The van der Waals surface area contributed by atoms with Gasteiger partial charge in [0.15, 0.2) is 6.23 Å². The largest absolute Gasteiger partial charge is 0.393 e. The summed E-state index contributed by atoms with van der Waals surface area (Å²) in [6.45, 7) is 1.75. The molecule has 32 heavy (non-hydrogen) atoms. The molecule has 4 atom stereocenters. The van der Waals surface area contributed by atoms with Gasteiger partial charge in [0.2, 0.25) is 0 Å². The minimum atomic E-state index is -1.23. The molecule has 11 nitrogen and oxygen atoms in total. The van der Waals surface area contributed by atoms with Gasteiger partial charge in [0.25, 0.3) is 5.56 Å². The highest BCUT2D eigenvalue weighted by molar-refractivity contribution is 5.20. The number of hydrogen-bond acceptors (Lipinski definition) is 7. The van der Waals surface area contributed by atoms with Crippen molar-refractivity contribution in [3.05, 3.63) is 78.9 Å². The standard InChI is InChI=1S/C21H25N5O6/c1-14-10-26(19(29)24-17(14)28)18-16-21(8-5-9-23-25-22,20(12-27,32-18)13-30-16)31-11-15-6-3-2-4-7-15/h2-4,6-7,10,16,18,27H,5,8-9,11-13H2,1H3,(H,24,28,29)/t16-,18+,20-,21-/m0/s1. The molecular formula is C21H25N5O6. The Kier molecular flexibility index (Phi) is 6.18. The van der Waals surface area contributed by atoms with E-state index in [0.29, 0.717) is 18.4 Å². The average Bonchev–Trinajstić information content (AvgIpc) is 3.25. The second kappa shape index (κ2) is 8.89. The van der Waals surface area contributed by atoms with Gasteiger partial charge in [-0.15, -0.1) is 0 Å². The molecule has 0 radical (unpaired) electrons. The Morgan fingerprint density at radius 3 is 2.88 bits per heavy atom. The molecule has 0 unspecified atom stereocenters. The van der Waals surface area contributed by atoms with Crippen LogP contribution >= 0.6 is 0 Å². The van der Waals surface area contributed by atoms with E-state index in [1.165, 1.54) is 10.8 Å². The van der Waals surface area contributed by atoms with Gasteiger partial charge in [-0.3, -0.25) is 14.3 Å². The van der Waals surface area contributed by atoms with E-state index in [4.69, 9.17) is 19.7 Å². The summed E-state index contributed by atoms with van der Waals surface area (Å²) in [6, 6.07) is 9.55. The highest BCUT2D eigenvalue weighted by Crippen LogP contribution is 2.55. The van der Waals surface area contributed by atoms with Gasteiger partial charge in [-0.25, -0.2) is 4.79 Å². The van der Waals surface area contributed by atoms with E-state index in [1.54, 1.807) is 6.92 Å². The molecule has 0 spiro atoms. The van der Waals surface area contributed by atoms with Crippen LogP contribution in [0.2, 0.25) is 0 Å². The lowest BCUT2D eigenvalue weighted by atomic mass is 9.80. The first-order valence-corrected chi connectivity index (χ1v) is 10.4. The second-order valence-electron chi connectivity index (χ2n) is 8.09. The summed E-state index contributed by atoms with van der Waals surface area (Å²) in [6.07, 6.45) is 0.623. The summed E-state index contributed by atoms with van der Waals surface area (Å²) in [5, 5.41) is 14.0. The van der Waals surface area contributed by atoms with E-state index in [0.717, 1.165) is 5.56 Å². The van der Waals surface area contributed by atoms with Gasteiger partial charge in [0.05, 0.1) is 19.8 Å². The Balaban J connectivity index is 1.73. The summed E-state index contributed by atoms with van der Waals surface area (Å²) >= 11 is 0. The highest BCUT2D eigenvalue weighted by atomic mass is 16.7. The lowest BCUT2D eigenvalue weighted by Gasteiger charge is -2.38. The van der Waals surface area contributed by atoms with Crippen LogP contribution in [0.1, 0.15) is 30.2 Å². The Labute approximate surface area is 183 Å². The van der Waals surface area contributed by atoms with Crippen LogP contribution in [0.5, 0.6) is 0 Å². The molecule has 2 aromatic rings. The third-order valence-corrected chi connectivity index (χ3v) is 6.22. The molecule has 170 valence electrons. The van der Waals surface area contributed by atoms with Crippen molar-refractivity contribution < 1.29 is 19.3 Å². The van der Waals surface area contributed by atoms with Gasteiger partial charge >= 0.3 is 5.69 Å². The number of azide groups is 1. The molecule has 0 aliphatic carbocycles. The summed E-state index contributed by atoms with van der Waals surface area (Å²) in [4.78, 5) is 29.5. The van der Waals surface area contributed by atoms with Gasteiger partial charge in [0, 0.05) is 23.2 Å². The van der Waals surface area contributed by atoms with E-state index >= 15 is 0 Å². The zero-order valence-electron chi connectivity index (χ0n) is 17.6. The van der Waals surface area contributed by atoms with Crippen LogP contribution in [-0.4, -0.2) is 51.7 Å². The number of benzene rings is 1. The van der Waals surface area contributed by atoms with E-state index < -0.39 is 41.4 Å². The second-order valence-corrected chi connectivity index (χ2v) is 8.09. The molecule has 3 heterocycles. The van der Waals surface area contributed by atoms with Gasteiger partial charge in [-0.1, -0.05) is 35.4 Å². The number of aromatic nitrogens is 2. The van der Waals surface area contributed by atoms with Crippen molar-refractivity contribution in [3.8, 4) is 0 Å². The van der Waals surface area contributed by atoms with Crippen molar-refractivity contribution in [1.29, 1.82) is 0 Å². The molecule has 2 bridgehead atoms. The molecule has 2 aliphatic rings. The average molecular weight is 443 g/mol. The number of nitrogens with zero attached hydrogens (tertiary/aromatic N) is 4. The first kappa shape index (κ1) is 22.3. The fourth-order valence-corrected chi connectivity index (χ4v) is 4.57. The number of fused-ring (bicyclic) bond motifs is 2. The van der Waals surface area contributed by atoms with Crippen LogP contribution < -0.4 is 11.2 Å². The van der Waals surface area contributed by atoms with Crippen LogP contribution in [-0.2, 0) is 20.8 Å². The van der Waals surface area contributed by atoms with E-state index in [-0.39, 0.29) is 19.8 Å². The minimum Gasteiger partial charge on any atom is -0.393 e. The maximum atomic E-state index is 12.6. The summed E-state index contributed by atoms with van der Waals surface area (Å²) in [5.74, 6) is 0. The number of nitrogens with one attached hydrogen (secondary N) is 1. The van der Waals surface area contributed by atoms with Crippen molar-refractivity contribution in [2.75, 3.05) is 19.8 Å². The normalized spacial score (nSPS) is 28.6. The van der Waals surface area contributed by atoms with Crippen molar-refractivity contribution in [1.82, 2.24) is 9.55 Å². The highest BCUT2D eigenvalue weighted by Gasteiger charge is 2.72. The number of hydrogen-bond donors (Lipinski definition) is 2. The fraction of sp³-hybridized carbons (Fsp3) is 0.524. The number of aromatic amines is 1. The molecule has 1 aromatic heterocycles. The third-order valence-electron chi connectivity index (χ3n) is 6.22. The molecule has 1 aromatic carbocycles. The van der Waals surface area contributed by atoms with Crippen molar-refractivity contribution in [2.24, 2.45) is 5.11 Å². The maximum absolute atomic E-state index is 12.6. The minimum absolute atomic E-state index is 0.0814. The van der Waals surface area contributed by atoms with Crippen LogP contribution in [0, 0.1) is 6.92 Å². The lowest BCUT2D eigenvalue weighted by Crippen LogP contribution is -2.56. The number of ether oxygens (including phenoxy) is 3. The first-order chi connectivity index (χ1) is 15.5. The summed E-state index contributed by atoms with van der Waals surface area (Å²) in [7, 11) is 0. The molecule has 2 N–H and O–H groups in total. The Bertz CT molecular complexity index is 1130. The quantitative estimate of drug-likeness (QED) is 0.260. The van der Waals surface area contributed by atoms with E-state index in [9.17, 15) is 14.7 Å².